The Hall–Kier alpha value is -2.35. The first-order chi connectivity index (χ1) is 11.3. The van der Waals surface area contributed by atoms with Crippen molar-refractivity contribution in [3.8, 4) is 5.69 Å². The maximum absolute atomic E-state index is 12.5. The molecule has 0 fully saturated rings. The van der Waals surface area contributed by atoms with E-state index in [0.717, 1.165) is 11.6 Å². The topological polar surface area (TPSA) is 59.0 Å². The number of rotatable bonds is 6. The van der Waals surface area contributed by atoms with Crippen molar-refractivity contribution in [1.29, 1.82) is 0 Å². The summed E-state index contributed by atoms with van der Waals surface area (Å²) < 4.78 is 38.8. The third-order valence-corrected chi connectivity index (χ3v) is 3.14. The van der Waals surface area contributed by atoms with Gasteiger partial charge in [0.05, 0.1) is 12.2 Å². The summed E-state index contributed by atoms with van der Waals surface area (Å²) in [5.41, 5.74) is 0.524. The molecule has 2 aromatic rings. The van der Waals surface area contributed by atoms with Gasteiger partial charge in [0.2, 0.25) is 5.91 Å². The van der Waals surface area contributed by atoms with Gasteiger partial charge in [0.25, 0.3) is 0 Å². The SMILES string of the molecule is CC(C)NC(=O)CNCc1ccc(-n2ccc(C(F)(F)F)n2)cc1. The smallest absolute Gasteiger partial charge is 0.353 e. The molecule has 0 radical (unpaired) electrons. The van der Waals surface area contributed by atoms with Crippen LogP contribution in [0.1, 0.15) is 25.1 Å². The third-order valence-electron chi connectivity index (χ3n) is 3.14. The summed E-state index contributed by atoms with van der Waals surface area (Å²) >= 11 is 0. The summed E-state index contributed by atoms with van der Waals surface area (Å²) in [6.45, 7) is 4.46. The summed E-state index contributed by atoms with van der Waals surface area (Å²) in [5.74, 6) is -0.0853. The predicted molar refractivity (Wildman–Crippen MR) is 83.6 cm³/mol. The van der Waals surface area contributed by atoms with Gasteiger partial charge in [0.1, 0.15) is 0 Å². The molecule has 1 amide bonds. The molecule has 24 heavy (non-hydrogen) atoms. The first-order valence-electron chi connectivity index (χ1n) is 7.48. The second kappa shape index (κ2) is 7.48. The standard InChI is InChI=1S/C16H19F3N4O/c1-11(2)21-15(24)10-20-9-12-3-5-13(6-4-12)23-8-7-14(22-23)16(17,18)19/h3-8,11,20H,9-10H2,1-2H3,(H,21,24). The molecule has 0 bridgehead atoms. The summed E-state index contributed by atoms with van der Waals surface area (Å²) in [4.78, 5) is 11.5. The van der Waals surface area contributed by atoms with Crippen LogP contribution in [0.3, 0.4) is 0 Å². The molecule has 0 aliphatic rings. The lowest BCUT2D eigenvalue weighted by Crippen LogP contribution is -2.37. The fourth-order valence-electron chi connectivity index (χ4n) is 2.08. The molecule has 130 valence electrons. The Morgan fingerprint density at radius 1 is 1.21 bits per heavy atom. The molecular formula is C16H19F3N4O. The minimum absolute atomic E-state index is 0.0853. The number of halogens is 3. The lowest BCUT2D eigenvalue weighted by molar-refractivity contribution is -0.141. The Kier molecular flexibility index (Phi) is 5.61. The van der Waals surface area contributed by atoms with E-state index in [1.807, 2.05) is 13.8 Å². The van der Waals surface area contributed by atoms with Gasteiger partial charge in [-0.25, -0.2) is 4.68 Å². The number of hydrogen-bond acceptors (Lipinski definition) is 3. The molecule has 5 nitrogen and oxygen atoms in total. The zero-order valence-electron chi connectivity index (χ0n) is 13.4. The van der Waals surface area contributed by atoms with Gasteiger partial charge in [-0.1, -0.05) is 12.1 Å². The minimum atomic E-state index is -4.45. The van der Waals surface area contributed by atoms with E-state index in [9.17, 15) is 18.0 Å². The van der Waals surface area contributed by atoms with Crippen LogP contribution in [0.25, 0.3) is 5.69 Å². The largest absolute Gasteiger partial charge is 0.435 e. The maximum Gasteiger partial charge on any atom is 0.435 e. The van der Waals surface area contributed by atoms with Crippen molar-refractivity contribution in [1.82, 2.24) is 20.4 Å². The highest BCUT2D eigenvalue weighted by Gasteiger charge is 2.33. The molecule has 0 unspecified atom stereocenters. The van der Waals surface area contributed by atoms with E-state index in [-0.39, 0.29) is 18.5 Å². The molecule has 0 spiro atoms. The average Bonchev–Trinajstić information content (AvgIpc) is 2.97. The van der Waals surface area contributed by atoms with Crippen molar-refractivity contribution in [3.05, 3.63) is 47.8 Å². The fraction of sp³-hybridized carbons (Fsp3) is 0.375. The van der Waals surface area contributed by atoms with Gasteiger partial charge in [0.15, 0.2) is 5.69 Å². The Morgan fingerprint density at radius 3 is 2.42 bits per heavy atom. The van der Waals surface area contributed by atoms with Gasteiger partial charge in [-0.2, -0.15) is 18.3 Å². The van der Waals surface area contributed by atoms with Gasteiger partial charge >= 0.3 is 6.18 Å². The number of carbonyl (C=O) groups is 1. The molecule has 0 saturated heterocycles. The number of nitrogens with one attached hydrogen (secondary N) is 2. The molecule has 1 aromatic heterocycles. The molecule has 1 aromatic carbocycles. The summed E-state index contributed by atoms with van der Waals surface area (Å²) in [5, 5.41) is 9.29. The lowest BCUT2D eigenvalue weighted by atomic mass is 10.2. The van der Waals surface area contributed by atoms with E-state index in [4.69, 9.17) is 0 Å². The molecule has 0 atom stereocenters. The van der Waals surface area contributed by atoms with Crippen molar-refractivity contribution < 1.29 is 18.0 Å². The molecule has 8 heteroatoms. The van der Waals surface area contributed by atoms with Crippen LogP contribution in [-0.2, 0) is 17.5 Å². The second-order valence-electron chi connectivity index (χ2n) is 5.64. The minimum Gasteiger partial charge on any atom is -0.353 e. The maximum atomic E-state index is 12.5. The van der Waals surface area contributed by atoms with Crippen LogP contribution in [0.15, 0.2) is 36.5 Å². The predicted octanol–water partition coefficient (Wildman–Crippen LogP) is 2.51. The third kappa shape index (κ3) is 5.09. The van der Waals surface area contributed by atoms with E-state index in [2.05, 4.69) is 15.7 Å². The van der Waals surface area contributed by atoms with Crippen LogP contribution >= 0.6 is 0 Å². The molecular weight excluding hydrogens is 321 g/mol. The van der Waals surface area contributed by atoms with Crippen LogP contribution in [0.5, 0.6) is 0 Å². The highest BCUT2D eigenvalue weighted by atomic mass is 19.4. The van der Waals surface area contributed by atoms with Crippen LogP contribution in [0.4, 0.5) is 13.2 Å². The molecule has 0 aliphatic heterocycles. The molecule has 1 heterocycles. The quantitative estimate of drug-likeness (QED) is 0.849. The number of aromatic nitrogens is 2. The molecule has 0 saturated carbocycles. The van der Waals surface area contributed by atoms with Crippen molar-refractivity contribution in [3.63, 3.8) is 0 Å². The Bertz CT molecular complexity index is 677. The van der Waals surface area contributed by atoms with Gasteiger partial charge < -0.3 is 10.6 Å². The van der Waals surface area contributed by atoms with E-state index >= 15 is 0 Å². The highest BCUT2D eigenvalue weighted by Crippen LogP contribution is 2.27. The highest BCUT2D eigenvalue weighted by molar-refractivity contribution is 5.78. The van der Waals surface area contributed by atoms with Gasteiger partial charge in [-0.05, 0) is 37.6 Å². The number of alkyl halides is 3. The van der Waals surface area contributed by atoms with Crippen molar-refractivity contribution >= 4 is 5.91 Å². The van der Waals surface area contributed by atoms with Gasteiger partial charge in [-0.3, -0.25) is 4.79 Å². The van der Waals surface area contributed by atoms with Crippen LogP contribution < -0.4 is 10.6 Å². The summed E-state index contributed by atoms with van der Waals surface area (Å²) in [6, 6.07) is 7.93. The fourth-order valence-corrected chi connectivity index (χ4v) is 2.08. The van der Waals surface area contributed by atoms with Crippen LogP contribution in [-0.4, -0.2) is 28.3 Å². The van der Waals surface area contributed by atoms with E-state index < -0.39 is 11.9 Å². The Morgan fingerprint density at radius 2 is 1.88 bits per heavy atom. The van der Waals surface area contributed by atoms with Crippen LogP contribution in [0.2, 0.25) is 0 Å². The molecule has 2 N–H and O–H groups in total. The number of nitrogens with zero attached hydrogens (tertiary/aromatic N) is 2. The number of benzene rings is 1. The zero-order valence-corrected chi connectivity index (χ0v) is 13.4. The van der Waals surface area contributed by atoms with Crippen LogP contribution in [0, 0.1) is 0 Å². The van der Waals surface area contributed by atoms with E-state index in [1.54, 1.807) is 24.3 Å². The van der Waals surface area contributed by atoms with Crippen molar-refractivity contribution in [2.75, 3.05) is 6.54 Å². The van der Waals surface area contributed by atoms with Gasteiger partial charge in [0, 0.05) is 18.8 Å². The average molecular weight is 340 g/mol. The Balaban J connectivity index is 1.91. The van der Waals surface area contributed by atoms with E-state index in [1.165, 1.54) is 10.9 Å². The van der Waals surface area contributed by atoms with Crippen molar-refractivity contribution in [2.45, 2.75) is 32.6 Å². The first-order valence-corrected chi connectivity index (χ1v) is 7.48. The van der Waals surface area contributed by atoms with Gasteiger partial charge in [-0.15, -0.1) is 0 Å². The summed E-state index contributed by atoms with van der Waals surface area (Å²) in [7, 11) is 0. The summed E-state index contributed by atoms with van der Waals surface area (Å²) in [6.07, 6.45) is -3.18. The number of carbonyl (C=O) groups excluding carboxylic acids is 1. The second-order valence-corrected chi connectivity index (χ2v) is 5.64. The zero-order chi connectivity index (χ0) is 17.7. The monoisotopic (exact) mass is 340 g/mol. The molecule has 0 aliphatic carbocycles. The number of hydrogen-bond donors (Lipinski definition) is 2. The lowest BCUT2D eigenvalue weighted by Gasteiger charge is -2.09. The molecule has 2 rings (SSSR count). The van der Waals surface area contributed by atoms with Crippen molar-refractivity contribution in [2.24, 2.45) is 0 Å². The van der Waals surface area contributed by atoms with E-state index in [0.29, 0.717) is 12.2 Å². The number of amides is 1. The Labute approximate surface area is 137 Å². The normalized spacial score (nSPS) is 11.8. The first kappa shape index (κ1) is 18.0.